The molecule has 3 aromatic carbocycles. The summed E-state index contributed by atoms with van der Waals surface area (Å²) in [6.45, 7) is 7.79. The minimum absolute atomic E-state index is 0.0147. The van der Waals surface area contributed by atoms with Gasteiger partial charge in [0.1, 0.15) is 6.04 Å². The van der Waals surface area contributed by atoms with Crippen LogP contribution in [0.2, 0.25) is 10.0 Å². The van der Waals surface area contributed by atoms with Gasteiger partial charge in [-0.3, -0.25) is 13.9 Å². The minimum atomic E-state index is -3.61. The van der Waals surface area contributed by atoms with Crippen molar-refractivity contribution in [2.75, 3.05) is 17.1 Å². The molecule has 2 amide bonds. The molecule has 3 aromatic rings. The van der Waals surface area contributed by atoms with Crippen LogP contribution < -0.4 is 9.62 Å². The number of carbonyl (C=O) groups excluding carboxylic acids is 2. The molecule has 0 radical (unpaired) electrons. The number of nitrogens with zero attached hydrogens (tertiary/aromatic N) is 2. The molecule has 0 saturated carbocycles. The van der Waals surface area contributed by atoms with Crippen LogP contribution in [0.1, 0.15) is 55.4 Å². The van der Waals surface area contributed by atoms with Gasteiger partial charge in [0.05, 0.1) is 11.9 Å². The van der Waals surface area contributed by atoms with Crippen LogP contribution in [0.15, 0.2) is 66.7 Å². The highest BCUT2D eigenvalue weighted by Gasteiger charge is 2.32. The van der Waals surface area contributed by atoms with E-state index < -0.39 is 16.1 Å². The zero-order valence-corrected chi connectivity index (χ0v) is 27.8. The van der Waals surface area contributed by atoms with Crippen molar-refractivity contribution in [1.29, 1.82) is 0 Å². The van der Waals surface area contributed by atoms with Crippen molar-refractivity contribution in [2.24, 2.45) is 0 Å². The number of nitrogens with one attached hydrogen (secondary N) is 1. The summed E-state index contributed by atoms with van der Waals surface area (Å²) < 4.78 is 26.9. The van der Waals surface area contributed by atoms with Crippen molar-refractivity contribution in [3.05, 3.63) is 99.0 Å². The standard InChI is InChI=1S/C33H41Cl2N3O4S/c1-6-25(4)36-33(40)31(21-26-12-8-7-9-13-26)37(22-27-28(34)14-10-15-29(27)35)32(39)16-11-19-38(43(5,41)42)30-20-23(2)17-18-24(30)3/h7-10,12-15,17-18,20,25,31H,6,11,16,19,21-22H2,1-5H3,(H,36,40). The molecule has 0 aliphatic heterocycles. The molecule has 43 heavy (non-hydrogen) atoms. The Morgan fingerprint density at radius 3 is 2.21 bits per heavy atom. The van der Waals surface area contributed by atoms with E-state index in [1.807, 2.05) is 76.2 Å². The fourth-order valence-electron chi connectivity index (χ4n) is 4.82. The minimum Gasteiger partial charge on any atom is -0.352 e. The summed E-state index contributed by atoms with van der Waals surface area (Å²) in [6.07, 6.45) is 2.44. The van der Waals surface area contributed by atoms with Gasteiger partial charge in [-0.2, -0.15) is 0 Å². The molecule has 0 aliphatic carbocycles. The van der Waals surface area contributed by atoms with Crippen molar-refractivity contribution >= 4 is 50.7 Å². The number of anilines is 1. The third-order valence-electron chi connectivity index (χ3n) is 7.45. The highest BCUT2D eigenvalue weighted by Crippen LogP contribution is 2.28. The maximum Gasteiger partial charge on any atom is 0.243 e. The normalized spacial score (nSPS) is 12.8. The van der Waals surface area contributed by atoms with Crippen LogP contribution in [0, 0.1) is 13.8 Å². The third kappa shape index (κ3) is 9.71. The van der Waals surface area contributed by atoms with E-state index in [9.17, 15) is 18.0 Å². The van der Waals surface area contributed by atoms with Gasteiger partial charge in [-0.05, 0) is 68.5 Å². The zero-order valence-electron chi connectivity index (χ0n) is 25.4. The molecule has 2 unspecified atom stereocenters. The van der Waals surface area contributed by atoms with E-state index in [2.05, 4.69) is 5.32 Å². The first-order chi connectivity index (χ1) is 20.3. The summed E-state index contributed by atoms with van der Waals surface area (Å²) >= 11 is 13.0. The fourth-order valence-corrected chi connectivity index (χ4v) is 6.35. The number of benzene rings is 3. The molecule has 10 heteroatoms. The number of rotatable bonds is 14. The molecule has 1 N–H and O–H groups in total. The second-order valence-corrected chi connectivity index (χ2v) is 13.7. The first-order valence-corrected chi connectivity index (χ1v) is 17.0. The summed E-state index contributed by atoms with van der Waals surface area (Å²) in [5.74, 6) is -0.575. The van der Waals surface area contributed by atoms with Crippen LogP contribution >= 0.6 is 23.2 Å². The van der Waals surface area contributed by atoms with E-state index in [4.69, 9.17) is 23.2 Å². The Bertz CT molecular complexity index is 1500. The summed E-state index contributed by atoms with van der Waals surface area (Å²) in [7, 11) is -3.61. The number of halogens is 2. The summed E-state index contributed by atoms with van der Waals surface area (Å²) in [5, 5.41) is 3.83. The molecule has 0 bridgehead atoms. The highest BCUT2D eigenvalue weighted by molar-refractivity contribution is 7.92. The van der Waals surface area contributed by atoms with Gasteiger partial charge in [0.15, 0.2) is 0 Å². The van der Waals surface area contributed by atoms with Crippen LogP contribution in [-0.4, -0.2) is 50.0 Å². The largest absolute Gasteiger partial charge is 0.352 e. The molecule has 2 atom stereocenters. The highest BCUT2D eigenvalue weighted by atomic mass is 35.5. The topological polar surface area (TPSA) is 86.8 Å². The summed E-state index contributed by atoms with van der Waals surface area (Å²) in [6, 6.07) is 19.4. The van der Waals surface area contributed by atoms with Crippen LogP contribution in [0.4, 0.5) is 5.69 Å². The van der Waals surface area contributed by atoms with Crippen molar-refractivity contribution < 1.29 is 18.0 Å². The first kappa shape index (κ1) is 34.4. The van der Waals surface area contributed by atoms with Gasteiger partial charge >= 0.3 is 0 Å². The summed E-state index contributed by atoms with van der Waals surface area (Å²) in [4.78, 5) is 29.3. The second kappa shape index (κ2) is 15.6. The molecule has 3 rings (SSSR count). The molecule has 0 spiro atoms. The predicted molar refractivity (Wildman–Crippen MR) is 176 cm³/mol. The van der Waals surface area contributed by atoms with Gasteiger partial charge in [0.25, 0.3) is 0 Å². The number of sulfonamides is 1. The van der Waals surface area contributed by atoms with Gasteiger partial charge in [-0.25, -0.2) is 8.42 Å². The fraction of sp³-hybridized carbons (Fsp3) is 0.394. The maximum absolute atomic E-state index is 14.0. The molecule has 7 nitrogen and oxygen atoms in total. The van der Waals surface area contributed by atoms with E-state index in [1.54, 1.807) is 18.2 Å². The SMILES string of the molecule is CCC(C)NC(=O)C(Cc1ccccc1)N(Cc1c(Cl)cccc1Cl)C(=O)CCCN(c1cc(C)ccc1C)S(C)(=O)=O. The average Bonchev–Trinajstić information content (AvgIpc) is 2.95. The number of carbonyl (C=O) groups is 2. The number of amides is 2. The lowest BCUT2D eigenvalue weighted by atomic mass is 10.0. The Kier molecular flexibility index (Phi) is 12.5. The number of hydrogen-bond donors (Lipinski definition) is 1. The van der Waals surface area contributed by atoms with E-state index in [0.717, 1.165) is 29.4 Å². The lowest BCUT2D eigenvalue weighted by molar-refractivity contribution is -0.141. The van der Waals surface area contributed by atoms with Crippen LogP contribution in [0.3, 0.4) is 0 Å². The Morgan fingerprint density at radius 1 is 0.953 bits per heavy atom. The Labute approximate surface area is 266 Å². The predicted octanol–water partition coefficient (Wildman–Crippen LogP) is 6.71. The van der Waals surface area contributed by atoms with Gasteiger partial charge in [0, 0.05) is 47.6 Å². The van der Waals surface area contributed by atoms with Gasteiger partial charge in [-0.1, -0.05) is 78.7 Å². The Balaban J connectivity index is 1.95. The van der Waals surface area contributed by atoms with Crippen molar-refractivity contribution in [3.63, 3.8) is 0 Å². The molecule has 0 aromatic heterocycles. The lowest BCUT2D eigenvalue weighted by Gasteiger charge is -2.33. The van der Waals surface area contributed by atoms with Gasteiger partial charge in [-0.15, -0.1) is 0 Å². The lowest BCUT2D eigenvalue weighted by Crippen LogP contribution is -2.52. The molecule has 0 aliphatic rings. The van der Waals surface area contributed by atoms with Crippen LogP contribution in [0.25, 0.3) is 0 Å². The maximum atomic E-state index is 14.0. The van der Waals surface area contributed by atoms with Gasteiger partial charge in [0.2, 0.25) is 21.8 Å². The molecule has 0 saturated heterocycles. The Hall–Kier alpha value is -3.07. The van der Waals surface area contributed by atoms with E-state index in [1.165, 1.54) is 9.21 Å². The Morgan fingerprint density at radius 2 is 1.60 bits per heavy atom. The smallest absolute Gasteiger partial charge is 0.243 e. The number of aryl methyl sites for hydroxylation is 2. The molecule has 232 valence electrons. The van der Waals surface area contributed by atoms with Crippen molar-refractivity contribution in [1.82, 2.24) is 10.2 Å². The van der Waals surface area contributed by atoms with Crippen LogP contribution in [-0.2, 0) is 32.6 Å². The average molecular weight is 647 g/mol. The third-order valence-corrected chi connectivity index (χ3v) is 9.34. The quantitative estimate of drug-likeness (QED) is 0.211. The van der Waals surface area contributed by atoms with Gasteiger partial charge < -0.3 is 10.2 Å². The molecule has 0 fully saturated rings. The van der Waals surface area contributed by atoms with E-state index in [0.29, 0.717) is 21.3 Å². The van der Waals surface area contributed by atoms with Crippen molar-refractivity contribution in [2.45, 2.75) is 72.0 Å². The van der Waals surface area contributed by atoms with E-state index >= 15 is 0 Å². The number of hydrogen-bond acceptors (Lipinski definition) is 4. The molecular weight excluding hydrogens is 605 g/mol. The molecule has 0 heterocycles. The zero-order chi connectivity index (χ0) is 31.7. The first-order valence-electron chi connectivity index (χ1n) is 14.4. The molecular formula is C33H41Cl2N3O4S. The summed E-state index contributed by atoms with van der Waals surface area (Å²) in [5.41, 5.74) is 3.78. The monoisotopic (exact) mass is 645 g/mol. The van der Waals surface area contributed by atoms with Crippen molar-refractivity contribution in [3.8, 4) is 0 Å². The van der Waals surface area contributed by atoms with Crippen LogP contribution in [0.5, 0.6) is 0 Å². The van der Waals surface area contributed by atoms with E-state index in [-0.39, 0.29) is 50.2 Å². The second-order valence-electron chi connectivity index (χ2n) is 11.0.